The van der Waals surface area contributed by atoms with E-state index in [0.717, 1.165) is 11.1 Å². The number of carbonyl (C=O) groups excluding carboxylic acids is 4. The van der Waals surface area contributed by atoms with Gasteiger partial charge < -0.3 is 48.4 Å². The number of ether oxygens (including phenoxy) is 6. The minimum atomic E-state index is -0.798. The van der Waals surface area contributed by atoms with Gasteiger partial charge in [0.2, 0.25) is 0 Å². The van der Waals surface area contributed by atoms with E-state index in [1.54, 1.807) is 20.8 Å². The number of nitrogens with zero attached hydrogens (tertiary/aromatic N) is 2. The Hall–Kier alpha value is -5.74. The summed E-state index contributed by atoms with van der Waals surface area (Å²) in [6.45, 7) is 17.2. The molecule has 58 heavy (non-hydrogen) atoms. The van der Waals surface area contributed by atoms with E-state index in [1.165, 1.54) is 54.4 Å². The highest BCUT2D eigenvalue weighted by molar-refractivity contribution is 6.05. The summed E-state index contributed by atoms with van der Waals surface area (Å²) in [5, 5.41) is 25.1. The zero-order chi connectivity index (χ0) is 42.6. The number of anilines is 2. The van der Waals surface area contributed by atoms with Crippen LogP contribution in [0.2, 0.25) is 0 Å². The van der Waals surface area contributed by atoms with Crippen molar-refractivity contribution in [2.45, 2.75) is 70.6 Å². The molecule has 0 saturated carbocycles. The van der Waals surface area contributed by atoms with Gasteiger partial charge in [-0.2, -0.15) is 0 Å². The van der Waals surface area contributed by atoms with Crippen LogP contribution in [0.3, 0.4) is 0 Å². The van der Waals surface area contributed by atoms with Crippen molar-refractivity contribution in [2.24, 2.45) is 0 Å². The van der Waals surface area contributed by atoms with Crippen molar-refractivity contribution in [3.05, 3.63) is 72.4 Å². The predicted molar refractivity (Wildman–Crippen MR) is 217 cm³/mol. The highest BCUT2D eigenvalue weighted by Gasteiger charge is 2.35. The number of unbranched alkanes of at least 4 members (excludes halogenated alkanes) is 2. The molecule has 2 aliphatic heterocycles. The highest BCUT2D eigenvalue weighted by atomic mass is 16.6. The van der Waals surface area contributed by atoms with Gasteiger partial charge in [-0.15, -0.1) is 0 Å². The lowest BCUT2D eigenvalue weighted by atomic mass is 10.1. The smallest absolute Gasteiger partial charge is 0.412 e. The van der Waals surface area contributed by atoms with Crippen LogP contribution in [-0.4, -0.2) is 122 Å². The first-order valence-corrected chi connectivity index (χ1v) is 19.0. The number of aliphatic hydroxyl groups is 2. The van der Waals surface area contributed by atoms with Crippen molar-refractivity contribution >= 4 is 35.4 Å². The Morgan fingerprint density at radius 3 is 1.59 bits per heavy atom. The normalized spacial score (nSPS) is 16.5. The molecular weight excluding hydrogens is 752 g/mol. The van der Waals surface area contributed by atoms with E-state index in [4.69, 9.17) is 28.4 Å². The summed E-state index contributed by atoms with van der Waals surface area (Å²) in [4.78, 5) is 55.9. The molecule has 4 rings (SSSR count). The molecule has 0 unspecified atom stereocenters. The van der Waals surface area contributed by atoms with E-state index in [1.807, 2.05) is 0 Å². The molecule has 2 aromatic rings. The largest absolute Gasteiger partial charge is 0.493 e. The molecule has 2 atom stereocenters. The number of hydrogen-bond acceptors (Lipinski definition) is 12. The van der Waals surface area contributed by atoms with Crippen LogP contribution in [0.4, 0.5) is 21.0 Å². The van der Waals surface area contributed by atoms with Crippen LogP contribution in [0, 0.1) is 0 Å². The van der Waals surface area contributed by atoms with Gasteiger partial charge in [0.05, 0.1) is 75.2 Å². The van der Waals surface area contributed by atoms with Crippen LogP contribution >= 0.6 is 0 Å². The van der Waals surface area contributed by atoms with E-state index < -0.39 is 41.7 Å². The molecule has 0 radical (unpaired) electrons. The van der Waals surface area contributed by atoms with Gasteiger partial charge in [-0.05, 0) is 65.0 Å². The van der Waals surface area contributed by atoms with Crippen LogP contribution in [0.5, 0.6) is 23.0 Å². The van der Waals surface area contributed by atoms with Crippen molar-refractivity contribution in [3.8, 4) is 23.0 Å². The second kappa shape index (κ2) is 20.6. The molecule has 316 valence electrons. The Kier molecular flexibility index (Phi) is 16.0. The summed E-state index contributed by atoms with van der Waals surface area (Å²) in [5.74, 6) is 0.262. The quantitative estimate of drug-likeness (QED) is 0.102. The maximum atomic E-state index is 13.8. The molecule has 16 heteroatoms. The number of nitrogens with one attached hydrogen (secondary N) is 2. The number of rotatable bonds is 18. The average molecular weight is 809 g/mol. The minimum Gasteiger partial charge on any atom is -0.493 e. The second-order valence-electron chi connectivity index (χ2n) is 14.9. The van der Waals surface area contributed by atoms with Crippen LogP contribution in [0.25, 0.3) is 0 Å². The van der Waals surface area contributed by atoms with Crippen molar-refractivity contribution < 1.29 is 57.8 Å². The van der Waals surface area contributed by atoms with Gasteiger partial charge in [0.25, 0.3) is 11.8 Å². The lowest BCUT2D eigenvalue weighted by molar-refractivity contribution is 0.0634. The van der Waals surface area contributed by atoms with Crippen LogP contribution in [0.15, 0.2) is 61.2 Å². The number of aliphatic hydroxyl groups excluding tert-OH is 2. The molecule has 2 fully saturated rings. The summed E-state index contributed by atoms with van der Waals surface area (Å²) in [6, 6.07) is 5.09. The lowest BCUT2D eigenvalue weighted by Gasteiger charge is -2.25. The Balaban J connectivity index is 1.43. The van der Waals surface area contributed by atoms with E-state index in [2.05, 4.69) is 30.4 Å². The SMILES string of the molecule is C=CCOC(=O)Nc1cc(OCCCCCOc2cc(NC(=O)OC(C)(C)C)c(C(=O)N3CC(=C)C[C@H]3CO)cc2OC)c(OC)cc1C(=O)N1CC(=C)C[C@H]1CO. The van der Waals surface area contributed by atoms with Crippen molar-refractivity contribution in [1.82, 2.24) is 9.80 Å². The third-order valence-electron chi connectivity index (χ3n) is 9.24. The van der Waals surface area contributed by atoms with Crippen LogP contribution in [0.1, 0.15) is 73.6 Å². The maximum Gasteiger partial charge on any atom is 0.412 e. The summed E-state index contributed by atoms with van der Waals surface area (Å²) in [7, 11) is 2.88. The van der Waals surface area contributed by atoms with Crippen molar-refractivity contribution in [2.75, 3.05) is 71.0 Å². The zero-order valence-electron chi connectivity index (χ0n) is 34.0. The fourth-order valence-electron chi connectivity index (χ4n) is 6.53. The van der Waals surface area contributed by atoms with Gasteiger partial charge in [-0.3, -0.25) is 20.2 Å². The third kappa shape index (κ3) is 11.9. The van der Waals surface area contributed by atoms with Gasteiger partial charge in [-0.25, -0.2) is 9.59 Å². The molecule has 0 spiro atoms. The molecule has 4 N–H and O–H groups in total. The molecule has 2 aliphatic rings. The van der Waals surface area contributed by atoms with Crippen molar-refractivity contribution in [3.63, 3.8) is 0 Å². The molecule has 2 heterocycles. The molecule has 2 aromatic carbocycles. The number of amides is 4. The average Bonchev–Trinajstić information content (AvgIpc) is 3.76. The first-order chi connectivity index (χ1) is 27.6. The topological polar surface area (TPSA) is 195 Å². The van der Waals surface area contributed by atoms with Gasteiger partial charge in [0.1, 0.15) is 12.2 Å². The van der Waals surface area contributed by atoms with Crippen LogP contribution in [-0.2, 0) is 9.47 Å². The van der Waals surface area contributed by atoms with Gasteiger partial charge in [0, 0.05) is 25.2 Å². The van der Waals surface area contributed by atoms with Gasteiger partial charge >= 0.3 is 12.2 Å². The van der Waals surface area contributed by atoms with Crippen molar-refractivity contribution in [1.29, 1.82) is 0 Å². The summed E-state index contributed by atoms with van der Waals surface area (Å²) >= 11 is 0. The fourth-order valence-corrected chi connectivity index (χ4v) is 6.53. The Bertz CT molecular complexity index is 1860. The number of likely N-dealkylation sites (tertiary alicyclic amines) is 2. The fraction of sp³-hybridized carbons (Fsp3) is 0.476. The Morgan fingerprint density at radius 2 is 1.19 bits per heavy atom. The van der Waals surface area contributed by atoms with E-state index in [0.29, 0.717) is 37.9 Å². The van der Waals surface area contributed by atoms with Gasteiger partial charge in [-0.1, -0.05) is 37.0 Å². The molecular formula is C42H56N4O12. The van der Waals surface area contributed by atoms with E-state index in [9.17, 15) is 29.4 Å². The molecule has 0 aliphatic carbocycles. The van der Waals surface area contributed by atoms with E-state index in [-0.39, 0.29) is 85.9 Å². The summed E-state index contributed by atoms with van der Waals surface area (Å²) in [6.07, 6.45) is 2.64. The highest BCUT2D eigenvalue weighted by Crippen LogP contribution is 2.38. The predicted octanol–water partition coefficient (Wildman–Crippen LogP) is 5.94. The second-order valence-corrected chi connectivity index (χ2v) is 14.9. The Labute approximate surface area is 339 Å². The number of hydrogen-bond donors (Lipinski definition) is 4. The zero-order valence-corrected chi connectivity index (χ0v) is 34.0. The molecule has 2 saturated heterocycles. The lowest BCUT2D eigenvalue weighted by Crippen LogP contribution is -2.38. The third-order valence-corrected chi connectivity index (χ3v) is 9.24. The first kappa shape index (κ1) is 45.0. The minimum absolute atomic E-state index is 0.0416. The first-order valence-electron chi connectivity index (χ1n) is 19.0. The molecule has 0 bridgehead atoms. The standard InChI is InChI=1S/C42H56N4O12/c1-9-13-57-40(51)43-32-20-36(34(53-7)18-30(32)38(49)45-22-26(2)16-28(45)24-47)55-14-11-10-12-15-56-37-21-33(44-41(52)58-42(4,5)6)31(19-35(37)54-8)39(50)46-23-27(3)17-29(46)25-48/h9,18-21,28-29,47-48H,1-3,10-17,22-25H2,4-8H3,(H,43,51)(H,44,52)/t28-,29-/m0/s1. The molecule has 4 amide bonds. The summed E-state index contributed by atoms with van der Waals surface area (Å²) < 4.78 is 33.8. The molecule has 0 aromatic heterocycles. The van der Waals surface area contributed by atoms with Gasteiger partial charge in [0.15, 0.2) is 23.0 Å². The van der Waals surface area contributed by atoms with E-state index >= 15 is 0 Å². The summed E-state index contributed by atoms with van der Waals surface area (Å²) in [5.41, 5.74) is 1.37. The monoisotopic (exact) mass is 808 g/mol. The molecule has 16 nitrogen and oxygen atoms in total. The number of methoxy groups -OCH3 is 2. The number of benzene rings is 2. The van der Waals surface area contributed by atoms with Crippen LogP contribution < -0.4 is 29.6 Å². The number of carbonyl (C=O) groups is 4. The Morgan fingerprint density at radius 1 is 0.741 bits per heavy atom. The maximum absolute atomic E-state index is 13.8.